The highest BCUT2D eigenvalue weighted by Gasteiger charge is 2.16. The summed E-state index contributed by atoms with van der Waals surface area (Å²) in [5.41, 5.74) is 3.87. The van der Waals surface area contributed by atoms with Gasteiger partial charge in [-0.05, 0) is 169 Å². The molecule has 474 valence electrons. The lowest BCUT2D eigenvalue weighted by molar-refractivity contribution is -0.891. The number of carbonyl (C=O) groups excluding carboxylic acids is 1. The lowest BCUT2D eigenvalue weighted by Crippen LogP contribution is -2.38. The molecule has 0 fully saturated rings. The second-order valence-electron chi connectivity index (χ2n) is 21.3. The molecule has 0 aromatic heterocycles. The first kappa shape index (κ1) is 75.7. The van der Waals surface area contributed by atoms with E-state index in [1.807, 2.05) is 93.6 Å². The lowest BCUT2D eigenvalue weighted by Gasteiger charge is -2.26. The van der Waals surface area contributed by atoms with Crippen molar-refractivity contribution >= 4 is 12.3 Å². The molecule has 0 aliphatic heterocycles. The molecule has 85 heavy (non-hydrogen) atoms. The number of methoxy groups -OCH3 is 3. The minimum Gasteiger partial charge on any atom is -0.497 e. The Morgan fingerprint density at radius 2 is 0.859 bits per heavy atom. The minimum absolute atomic E-state index is 0.0390. The van der Waals surface area contributed by atoms with Crippen LogP contribution in [-0.2, 0) is 62.5 Å². The van der Waals surface area contributed by atoms with Gasteiger partial charge in [0, 0.05) is 5.56 Å². The van der Waals surface area contributed by atoms with Crippen LogP contribution in [0.3, 0.4) is 0 Å². The Hall–Kier alpha value is -7.30. The summed E-state index contributed by atoms with van der Waals surface area (Å²) in [5.74, 6) is 2.23. The SMILES string of the molecule is CCC(C)O/C=C\Oc1ccc(C=O)cc1.CCC(CCCC(C)O/C=C\OCc1ccc(OC)cc1)C(=O)O.CCC(CCCC(C)O/C=C\OCc1ccc(OC)cc1)OC[N+](C)(C)C.CCCC(C)O/C=C\OCc1ccc(OC)cc1. The third-order valence-electron chi connectivity index (χ3n) is 12.8. The monoisotopic (exact) mass is 1190 g/mol. The van der Waals surface area contributed by atoms with Crippen LogP contribution in [0.1, 0.15) is 153 Å². The van der Waals surface area contributed by atoms with E-state index in [4.69, 9.17) is 61.9 Å². The molecule has 0 saturated heterocycles. The van der Waals surface area contributed by atoms with Crippen LogP contribution in [0.5, 0.6) is 23.0 Å². The summed E-state index contributed by atoms with van der Waals surface area (Å²) in [7, 11) is 11.4. The summed E-state index contributed by atoms with van der Waals surface area (Å²) >= 11 is 0. The number of carbonyl (C=O) groups is 2. The fourth-order valence-corrected chi connectivity index (χ4v) is 7.34. The molecule has 0 saturated carbocycles. The molecule has 16 nitrogen and oxygen atoms in total. The Morgan fingerprint density at radius 3 is 1.21 bits per heavy atom. The summed E-state index contributed by atoms with van der Waals surface area (Å²) in [6, 6.07) is 30.2. The predicted octanol–water partition coefficient (Wildman–Crippen LogP) is 16.1. The normalized spacial score (nSPS) is 13.2. The first-order chi connectivity index (χ1) is 40.9. The maximum Gasteiger partial charge on any atom is 0.306 e. The van der Waals surface area contributed by atoms with E-state index >= 15 is 0 Å². The molecule has 0 aliphatic rings. The molecule has 4 aromatic carbocycles. The summed E-state index contributed by atoms with van der Waals surface area (Å²) in [4.78, 5) is 21.3. The van der Waals surface area contributed by atoms with Crippen LogP contribution in [-0.4, -0.2) is 102 Å². The summed E-state index contributed by atoms with van der Waals surface area (Å²) in [5, 5.41) is 9.00. The van der Waals surface area contributed by atoms with Crippen molar-refractivity contribution < 1.29 is 76.0 Å². The highest BCUT2D eigenvalue weighted by molar-refractivity contribution is 5.74. The largest absolute Gasteiger partial charge is 0.497 e. The standard InChI is InChI=1S/C22H38NO4.C19H28O5.C15H22O3.C13H16O3/c1-7-21(27-18-23(3,4)5)10-8-9-19(2)26-16-15-25-17-20-11-13-22(24-6)14-12-20;1-4-17(19(20)21)7-5-6-15(2)24-13-12-23-14-16-8-10-18(22-3)11-9-16;1-4-5-13(2)18-11-10-17-12-14-6-8-15(16-3)9-7-14;1-3-11(2)15-8-9-16-13-6-4-12(10-14)5-7-13/h11-16,19,21H,7-10,17-18H2,1-6H3;8-13,15,17H,4-7,14H2,1-3H3,(H,20,21);6-11,13H,4-5,12H2,1-3H3;4-11H,3H2,1-2H3/q+1;;;/b16-15-;13-12-;11-10-;9-8-. The van der Waals surface area contributed by atoms with Gasteiger partial charge in [-0.3, -0.25) is 9.59 Å². The molecule has 0 aliphatic carbocycles. The zero-order valence-electron chi connectivity index (χ0n) is 53.6. The predicted molar refractivity (Wildman–Crippen MR) is 337 cm³/mol. The van der Waals surface area contributed by atoms with Crippen LogP contribution in [0.2, 0.25) is 0 Å². The fourth-order valence-electron chi connectivity index (χ4n) is 7.34. The van der Waals surface area contributed by atoms with E-state index < -0.39 is 5.97 Å². The third-order valence-corrected chi connectivity index (χ3v) is 12.8. The Morgan fingerprint density at radius 1 is 0.471 bits per heavy atom. The van der Waals surface area contributed by atoms with E-state index in [1.165, 1.54) is 18.8 Å². The zero-order valence-corrected chi connectivity index (χ0v) is 53.6. The van der Waals surface area contributed by atoms with E-state index in [1.54, 1.807) is 76.9 Å². The van der Waals surface area contributed by atoms with E-state index in [-0.39, 0.29) is 30.3 Å². The molecule has 0 heterocycles. The van der Waals surface area contributed by atoms with Gasteiger partial charge >= 0.3 is 5.97 Å². The second-order valence-corrected chi connectivity index (χ2v) is 21.3. The van der Waals surface area contributed by atoms with Gasteiger partial charge in [-0.25, -0.2) is 0 Å². The summed E-state index contributed by atoms with van der Waals surface area (Å²) in [6.45, 7) is 18.6. The maximum absolute atomic E-state index is 10.9. The molecule has 4 rings (SSSR count). The van der Waals surface area contributed by atoms with Gasteiger partial charge in [-0.2, -0.15) is 0 Å². The van der Waals surface area contributed by atoms with Gasteiger partial charge in [0.15, 0.2) is 6.73 Å². The van der Waals surface area contributed by atoms with Gasteiger partial charge in [-0.1, -0.05) is 70.5 Å². The van der Waals surface area contributed by atoms with Crippen molar-refractivity contribution in [1.29, 1.82) is 0 Å². The fraction of sp³-hybridized carbons (Fsp3) is 0.507. The number of nitrogens with zero attached hydrogens (tertiary/aromatic N) is 1. The average molecular weight is 1190 g/mol. The molecular weight excluding hydrogens is 1080 g/mol. The van der Waals surface area contributed by atoms with Crippen molar-refractivity contribution in [3.8, 4) is 23.0 Å². The van der Waals surface area contributed by atoms with Crippen molar-refractivity contribution in [3.05, 3.63) is 169 Å². The number of aliphatic carboxylic acids is 1. The quantitative estimate of drug-likeness (QED) is 0.0193. The van der Waals surface area contributed by atoms with Crippen molar-refractivity contribution in [2.24, 2.45) is 5.92 Å². The van der Waals surface area contributed by atoms with Crippen LogP contribution in [0, 0.1) is 5.92 Å². The lowest BCUT2D eigenvalue weighted by atomic mass is 9.98. The second kappa shape index (κ2) is 48.0. The highest BCUT2D eigenvalue weighted by atomic mass is 16.5. The topological polar surface area (TPSA) is 165 Å². The molecule has 0 amide bonds. The molecule has 0 radical (unpaired) electrons. The van der Waals surface area contributed by atoms with E-state index in [0.717, 1.165) is 109 Å². The number of ether oxygens (including phenoxy) is 12. The van der Waals surface area contributed by atoms with E-state index in [9.17, 15) is 9.59 Å². The number of hydrogen-bond donors (Lipinski definition) is 1. The Kier molecular flexibility index (Phi) is 42.7. The van der Waals surface area contributed by atoms with Crippen molar-refractivity contribution in [1.82, 2.24) is 0 Å². The van der Waals surface area contributed by atoms with Crippen LogP contribution >= 0.6 is 0 Å². The number of carboxylic acid groups (broad SMARTS) is 1. The molecular formula is C69H104NO15+. The van der Waals surface area contributed by atoms with Gasteiger partial charge < -0.3 is 66.4 Å². The van der Waals surface area contributed by atoms with Crippen LogP contribution in [0.25, 0.3) is 0 Å². The van der Waals surface area contributed by atoms with Crippen molar-refractivity contribution in [3.63, 3.8) is 0 Å². The number of benzene rings is 4. The van der Waals surface area contributed by atoms with Gasteiger partial charge in [0.05, 0.1) is 78.9 Å². The molecule has 6 atom stereocenters. The Bertz CT molecular complexity index is 2370. The Balaban J connectivity index is 0.000000578. The van der Waals surface area contributed by atoms with Crippen molar-refractivity contribution in [2.75, 3.05) is 49.2 Å². The van der Waals surface area contributed by atoms with Crippen LogP contribution in [0.4, 0.5) is 0 Å². The van der Waals surface area contributed by atoms with Crippen LogP contribution in [0.15, 0.2) is 147 Å². The maximum atomic E-state index is 10.9. The highest BCUT2D eigenvalue weighted by Crippen LogP contribution is 2.18. The van der Waals surface area contributed by atoms with Gasteiger partial charge in [0.1, 0.15) is 99.2 Å². The Labute approximate surface area is 510 Å². The molecule has 0 spiro atoms. The van der Waals surface area contributed by atoms with Gasteiger partial charge in [-0.15, -0.1) is 0 Å². The first-order valence-electron chi connectivity index (χ1n) is 29.7. The number of rotatable bonds is 40. The first-order valence-corrected chi connectivity index (χ1v) is 29.7. The average Bonchev–Trinajstić information content (AvgIpc) is 3.55. The van der Waals surface area contributed by atoms with E-state index in [0.29, 0.717) is 50.1 Å². The summed E-state index contributed by atoms with van der Waals surface area (Å²) < 4.78 is 65.6. The number of quaternary nitrogens is 1. The number of carboxylic acids is 1. The minimum atomic E-state index is -0.710. The number of aldehydes is 1. The van der Waals surface area contributed by atoms with Crippen LogP contribution < -0.4 is 18.9 Å². The van der Waals surface area contributed by atoms with Crippen molar-refractivity contribution in [2.45, 2.75) is 176 Å². The molecule has 6 unspecified atom stereocenters. The number of hydrogen-bond acceptors (Lipinski definition) is 14. The third kappa shape index (κ3) is 40.6. The van der Waals surface area contributed by atoms with Gasteiger partial charge in [0.2, 0.25) is 0 Å². The summed E-state index contributed by atoms with van der Waals surface area (Å²) in [6.07, 6.45) is 24.7. The smallest absolute Gasteiger partial charge is 0.306 e. The molecule has 1 N–H and O–H groups in total. The van der Waals surface area contributed by atoms with Gasteiger partial charge in [0.25, 0.3) is 0 Å². The molecule has 0 bridgehead atoms. The molecule has 4 aromatic rings. The van der Waals surface area contributed by atoms with E-state index in [2.05, 4.69) is 55.8 Å². The molecule has 16 heteroatoms. The zero-order chi connectivity index (χ0) is 62.9.